The van der Waals surface area contributed by atoms with Crippen LogP contribution in [0.25, 0.3) is 0 Å². The fourth-order valence-electron chi connectivity index (χ4n) is 0.534. The highest BCUT2D eigenvalue weighted by Gasteiger charge is 2.52. The summed E-state index contributed by atoms with van der Waals surface area (Å²) in [5, 5.41) is 42.9. The molecule has 0 saturated heterocycles. The van der Waals surface area contributed by atoms with Crippen LogP contribution in [0.4, 0.5) is 0 Å². The summed E-state index contributed by atoms with van der Waals surface area (Å²) < 4.78 is -2.50. The molecule has 0 aromatic heterocycles. The molecule has 98 valence electrons. The van der Waals surface area contributed by atoms with Crippen LogP contribution in [0.5, 0.6) is 0 Å². The summed E-state index contributed by atoms with van der Waals surface area (Å²) in [6.45, 7) is -0.616. The van der Waals surface area contributed by atoms with E-state index in [1.807, 2.05) is 0 Å². The van der Waals surface area contributed by atoms with E-state index in [0.717, 1.165) is 6.92 Å². The molecule has 0 amide bonds. The lowest BCUT2D eigenvalue weighted by molar-refractivity contribution is -0.134. The first-order chi connectivity index (χ1) is 7.05. The molecule has 0 aromatic carbocycles. The molecule has 1 unspecified atom stereocenters. The quantitative estimate of drug-likeness (QED) is 0.456. The molecule has 6 nitrogen and oxygen atoms in total. The third kappa shape index (κ3) is 5.49. The first kappa shape index (κ1) is 18.5. The molecule has 16 heavy (non-hydrogen) atoms. The van der Waals surface area contributed by atoms with E-state index < -0.39 is 34.7 Å². The molecule has 0 rings (SSSR count). The van der Waals surface area contributed by atoms with Gasteiger partial charge in [-0.05, 0) is 0 Å². The number of carbonyl (C=O) groups is 1. The van der Waals surface area contributed by atoms with Crippen molar-refractivity contribution in [2.75, 3.05) is 13.2 Å². The molecule has 0 aliphatic heterocycles. The number of aliphatic carboxylic acids is 1. The predicted molar refractivity (Wildman–Crippen MR) is 58.4 cm³/mol. The van der Waals surface area contributed by atoms with E-state index in [2.05, 4.69) is 0 Å². The summed E-state index contributed by atoms with van der Waals surface area (Å²) in [6, 6.07) is 0. The Kier molecular flexibility index (Phi) is 8.69. The van der Waals surface area contributed by atoms with Gasteiger partial charge in [0.15, 0.2) is 0 Å². The first-order valence-corrected chi connectivity index (χ1v) is 5.08. The molecule has 5 N–H and O–H groups in total. The molecule has 1 atom stereocenters. The third-order valence-corrected chi connectivity index (χ3v) is 2.79. The van der Waals surface area contributed by atoms with E-state index in [-0.39, 0.29) is 0 Å². The van der Waals surface area contributed by atoms with Crippen molar-refractivity contribution in [2.45, 2.75) is 17.0 Å². The van der Waals surface area contributed by atoms with Crippen LogP contribution < -0.4 is 0 Å². The highest BCUT2D eigenvalue weighted by molar-refractivity contribution is 6.48. The van der Waals surface area contributed by atoms with E-state index in [4.69, 9.17) is 65.1 Å². The lowest BCUT2D eigenvalue weighted by Crippen LogP contribution is -2.52. The third-order valence-electron chi connectivity index (χ3n) is 1.62. The zero-order valence-corrected chi connectivity index (χ0v) is 10.5. The van der Waals surface area contributed by atoms with Crippen molar-refractivity contribution in [1.29, 1.82) is 0 Å². The molecule has 0 saturated carbocycles. The van der Waals surface area contributed by atoms with E-state index in [1.165, 1.54) is 0 Å². The average Bonchev–Trinajstić information content (AvgIpc) is 2.02. The first-order valence-electron chi connectivity index (χ1n) is 3.88. The number of aliphatic hydroxyl groups excluding tert-OH is 3. The lowest BCUT2D eigenvalue weighted by atomic mass is 9.91. The van der Waals surface area contributed by atoms with Gasteiger partial charge in [-0.2, -0.15) is 0 Å². The molecule has 0 fully saturated rings. The van der Waals surface area contributed by atoms with Gasteiger partial charge in [0.1, 0.15) is 11.0 Å². The monoisotopic (exact) mass is 298 g/mol. The fraction of sp³-hybridized carbons (Fsp3) is 0.857. The summed E-state index contributed by atoms with van der Waals surface area (Å²) >= 11 is 15.6. The zero-order valence-electron chi connectivity index (χ0n) is 8.27. The standard InChI is InChI=1S/C5H9Cl3O4.C2H4O2/c6-3(11)4(1-9,2-10)5(7,8)12;1-2(3)4/h3,9-12H,1-2H2;1H3,(H,3,4). The van der Waals surface area contributed by atoms with E-state index in [9.17, 15) is 0 Å². The van der Waals surface area contributed by atoms with Crippen LogP contribution in [-0.2, 0) is 4.79 Å². The minimum absolute atomic E-state index is 0.833. The zero-order chi connectivity index (χ0) is 13.6. The van der Waals surface area contributed by atoms with E-state index >= 15 is 0 Å². The average molecular weight is 300 g/mol. The van der Waals surface area contributed by atoms with Crippen molar-refractivity contribution in [3.8, 4) is 0 Å². The molecule has 0 aliphatic carbocycles. The van der Waals surface area contributed by atoms with Crippen molar-refractivity contribution in [3.63, 3.8) is 0 Å². The van der Waals surface area contributed by atoms with Gasteiger partial charge in [-0.25, -0.2) is 0 Å². The minimum Gasteiger partial charge on any atom is -0.481 e. The Labute approximate surface area is 107 Å². The Balaban J connectivity index is 0. The topological polar surface area (TPSA) is 118 Å². The maximum absolute atomic E-state index is 9.06. The molecular weight excluding hydrogens is 286 g/mol. The SMILES string of the molecule is CC(=O)O.OCC(CO)(C(O)Cl)C(O)(Cl)Cl. The normalized spacial score (nSPS) is 13.8. The summed E-state index contributed by atoms with van der Waals surface area (Å²) in [7, 11) is 0. The number of aliphatic hydroxyl groups is 4. The molecule has 0 spiro atoms. The Morgan fingerprint density at radius 3 is 1.56 bits per heavy atom. The Hall–Kier alpha value is 0.180. The minimum atomic E-state index is -2.50. The van der Waals surface area contributed by atoms with Crippen LogP contribution in [-0.4, -0.2) is 54.8 Å². The van der Waals surface area contributed by atoms with Crippen LogP contribution in [0.1, 0.15) is 6.92 Å². The number of hydrogen-bond donors (Lipinski definition) is 5. The van der Waals surface area contributed by atoms with Gasteiger partial charge < -0.3 is 25.5 Å². The molecule has 9 heteroatoms. The maximum atomic E-state index is 9.06. The van der Waals surface area contributed by atoms with Gasteiger partial charge in [-0.15, -0.1) is 0 Å². The van der Waals surface area contributed by atoms with Gasteiger partial charge in [0.2, 0.25) is 4.52 Å². The van der Waals surface area contributed by atoms with Gasteiger partial charge >= 0.3 is 0 Å². The van der Waals surface area contributed by atoms with Crippen LogP contribution >= 0.6 is 34.8 Å². The molecule has 0 bridgehead atoms. The molecule has 0 radical (unpaired) electrons. The number of halogens is 3. The number of carboxylic acids is 1. The highest BCUT2D eigenvalue weighted by atomic mass is 35.5. The van der Waals surface area contributed by atoms with Gasteiger partial charge in [0.05, 0.1) is 13.2 Å². The Morgan fingerprint density at radius 2 is 1.56 bits per heavy atom. The molecule has 0 aromatic rings. The lowest BCUT2D eigenvalue weighted by Gasteiger charge is -2.37. The van der Waals surface area contributed by atoms with Gasteiger partial charge in [-0.1, -0.05) is 34.8 Å². The summed E-state index contributed by atoms with van der Waals surface area (Å²) in [6.07, 6.45) is 0. The van der Waals surface area contributed by atoms with Crippen molar-refractivity contribution >= 4 is 40.8 Å². The van der Waals surface area contributed by atoms with Crippen molar-refractivity contribution in [2.24, 2.45) is 5.41 Å². The second-order valence-corrected chi connectivity index (χ2v) is 4.57. The number of rotatable bonds is 4. The fourth-order valence-corrected chi connectivity index (χ4v) is 1.39. The van der Waals surface area contributed by atoms with Gasteiger partial charge in [0, 0.05) is 6.92 Å². The number of carboxylic acid groups (broad SMARTS) is 1. The van der Waals surface area contributed by atoms with Crippen LogP contribution in [0, 0.1) is 5.41 Å². The number of alkyl halides is 3. The highest BCUT2D eigenvalue weighted by Crippen LogP contribution is 2.42. The van der Waals surface area contributed by atoms with Crippen molar-refractivity contribution in [3.05, 3.63) is 0 Å². The second kappa shape index (κ2) is 7.50. The van der Waals surface area contributed by atoms with Crippen LogP contribution in [0.2, 0.25) is 0 Å². The molecular formula is C7H13Cl3O6. The van der Waals surface area contributed by atoms with E-state index in [0.29, 0.717) is 0 Å². The molecule has 0 aliphatic rings. The Morgan fingerprint density at radius 1 is 1.31 bits per heavy atom. The summed E-state index contributed by atoms with van der Waals surface area (Å²) in [5.41, 5.74) is -3.72. The van der Waals surface area contributed by atoms with E-state index in [1.54, 1.807) is 0 Å². The number of hydrogen-bond acceptors (Lipinski definition) is 5. The smallest absolute Gasteiger partial charge is 0.300 e. The summed E-state index contributed by atoms with van der Waals surface area (Å²) in [5.74, 6) is -0.833. The van der Waals surface area contributed by atoms with Gasteiger partial charge in [0.25, 0.3) is 5.97 Å². The van der Waals surface area contributed by atoms with Crippen LogP contribution in [0.3, 0.4) is 0 Å². The van der Waals surface area contributed by atoms with Crippen molar-refractivity contribution in [1.82, 2.24) is 0 Å². The van der Waals surface area contributed by atoms with Crippen LogP contribution in [0.15, 0.2) is 0 Å². The molecule has 0 heterocycles. The van der Waals surface area contributed by atoms with Gasteiger partial charge in [-0.3, -0.25) is 4.79 Å². The second-order valence-electron chi connectivity index (χ2n) is 2.87. The predicted octanol–water partition coefficient (Wildman–Crippen LogP) is -0.271. The summed E-state index contributed by atoms with van der Waals surface area (Å²) in [4.78, 5) is 9.00. The Bertz CT molecular complexity index is 207. The largest absolute Gasteiger partial charge is 0.481 e. The van der Waals surface area contributed by atoms with Crippen molar-refractivity contribution < 1.29 is 30.3 Å². The maximum Gasteiger partial charge on any atom is 0.300 e.